The van der Waals surface area contributed by atoms with Crippen molar-refractivity contribution in [1.29, 1.82) is 0 Å². The predicted octanol–water partition coefficient (Wildman–Crippen LogP) is 3.41. The van der Waals surface area contributed by atoms with Crippen LogP contribution in [0.15, 0.2) is 0 Å². The molecule has 0 aromatic heterocycles. The van der Waals surface area contributed by atoms with Gasteiger partial charge in [-0.25, -0.2) is 0 Å². The van der Waals surface area contributed by atoms with E-state index in [4.69, 9.17) is 5.73 Å². The highest BCUT2D eigenvalue weighted by molar-refractivity contribution is 4.99. The molecule has 2 rings (SSSR count). The van der Waals surface area contributed by atoms with Crippen molar-refractivity contribution in [1.82, 2.24) is 4.90 Å². The van der Waals surface area contributed by atoms with Crippen LogP contribution in [0.2, 0.25) is 0 Å². The van der Waals surface area contributed by atoms with Gasteiger partial charge in [-0.05, 0) is 37.0 Å². The molecule has 106 valence electrons. The van der Waals surface area contributed by atoms with Crippen molar-refractivity contribution >= 4 is 0 Å². The molecular formula is C16H32N2. The van der Waals surface area contributed by atoms with Crippen molar-refractivity contribution in [3.63, 3.8) is 0 Å². The van der Waals surface area contributed by atoms with Crippen molar-refractivity contribution in [3.8, 4) is 0 Å². The molecule has 0 amide bonds. The smallest absolute Gasteiger partial charge is 0.0247 e. The second-order valence-corrected chi connectivity index (χ2v) is 6.75. The van der Waals surface area contributed by atoms with Crippen molar-refractivity contribution < 1.29 is 0 Å². The molecule has 0 aromatic carbocycles. The Morgan fingerprint density at radius 2 is 1.67 bits per heavy atom. The SMILES string of the molecule is CCCC1(CCC)CN(C(CN)C2CCCC2)C1. The zero-order chi connectivity index (χ0) is 13.0. The molecule has 2 fully saturated rings. The van der Waals surface area contributed by atoms with Crippen LogP contribution in [-0.2, 0) is 0 Å². The van der Waals surface area contributed by atoms with Crippen molar-refractivity contribution in [2.75, 3.05) is 19.6 Å². The monoisotopic (exact) mass is 252 g/mol. The molecule has 1 heterocycles. The Labute approximate surface area is 113 Å². The van der Waals surface area contributed by atoms with Gasteiger partial charge in [0.15, 0.2) is 0 Å². The molecule has 1 aliphatic heterocycles. The maximum absolute atomic E-state index is 6.06. The molecule has 2 nitrogen and oxygen atoms in total. The second-order valence-electron chi connectivity index (χ2n) is 6.75. The molecule has 0 radical (unpaired) electrons. The van der Waals surface area contributed by atoms with Gasteiger partial charge in [-0.2, -0.15) is 0 Å². The Balaban J connectivity index is 1.88. The van der Waals surface area contributed by atoms with E-state index in [2.05, 4.69) is 18.7 Å². The fraction of sp³-hybridized carbons (Fsp3) is 1.00. The highest BCUT2D eigenvalue weighted by Crippen LogP contribution is 2.43. The first kappa shape index (κ1) is 14.3. The summed E-state index contributed by atoms with van der Waals surface area (Å²) in [7, 11) is 0. The molecule has 0 spiro atoms. The Hall–Kier alpha value is -0.0800. The van der Waals surface area contributed by atoms with E-state index in [-0.39, 0.29) is 0 Å². The normalized spacial score (nSPS) is 26.2. The Bertz CT molecular complexity index is 231. The highest BCUT2D eigenvalue weighted by atomic mass is 15.2. The van der Waals surface area contributed by atoms with Crippen molar-refractivity contribution in [3.05, 3.63) is 0 Å². The molecule has 2 aliphatic rings. The molecule has 18 heavy (non-hydrogen) atoms. The van der Waals surface area contributed by atoms with E-state index in [1.54, 1.807) is 0 Å². The van der Waals surface area contributed by atoms with Gasteiger partial charge in [0, 0.05) is 25.7 Å². The number of rotatable bonds is 7. The third-order valence-corrected chi connectivity index (χ3v) is 5.29. The van der Waals surface area contributed by atoms with Crippen molar-refractivity contribution in [2.45, 2.75) is 71.3 Å². The summed E-state index contributed by atoms with van der Waals surface area (Å²) in [5.74, 6) is 0.899. The minimum Gasteiger partial charge on any atom is -0.329 e. The van der Waals surface area contributed by atoms with E-state index in [0.29, 0.717) is 11.5 Å². The van der Waals surface area contributed by atoms with Crippen LogP contribution in [-0.4, -0.2) is 30.6 Å². The molecule has 2 heteroatoms. The summed E-state index contributed by atoms with van der Waals surface area (Å²) in [6.45, 7) is 8.19. The number of hydrogen-bond acceptors (Lipinski definition) is 2. The van der Waals surface area contributed by atoms with Gasteiger partial charge in [0.25, 0.3) is 0 Å². The molecule has 2 N–H and O–H groups in total. The van der Waals surface area contributed by atoms with Crippen LogP contribution >= 0.6 is 0 Å². The van der Waals surface area contributed by atoms with Gasteiger partial charge in [-0.1, -0.05) is 39.5 Å². The van der Waals surface area contributed by atoms with E-state index < -0.39 is 0 Å². The quantitative estimate of drug-likeness (QED) is 0.752. The maximum Gasteiger partial charge on any atom is 0.0247 e. The van der Waals surface area contributed by atoms with Gasteiger partial charge in [0.1, 0.15) is 0 Å². The van der Waals surface area contributed by atoms with E-state index in [0.717, 1.165) is 12.5 Å². The summed E-state index contributed by atoms with van der Waals surface area (Å²) in [5, 5.41) is 0. The molecule has 0 aromatic rings. The first-order valence-corrected chi connectivity index (χ1v) is 8.19. The maximum atomic E-state index is 6.06. The van der Waals surface area contributed by atoms with Crippen LogP contribution in [0.25, 0.3) is 0 Å². The lowest BCUT2D eigenvalue weighted by atomic mass is 9.71. The molecule has 1 unspecified atom stereocenters. The molecule has 1 atom stereocenters. The van der Waals surface area contributed by atoms with Gasteiger partial charge >= 0.3 is 0 Å². The van der Waals surface area contributed by atoms with Crippen molar-refractivity contribution in [2.24, 2.45) is 17.1 Å². The molecule has 1 saturated heterocycles. The van der Waals surface area contributed by atoms with E-state index in [1.165, 1.54) is 64.5 Å². The van der Waals surface area contributed by atoms with E-state index >= 15 is 0 Å². The molecule has 1 saturated carbocycles. The van der Waals surface area contributed by atoms with Gasteiger partial charge in [0.05, 0.1) is 0 Å². The van der Waals surface area contributed by atoms with Gasteiger partial charge < -0.3 is 5.73 Å². The highest BCUT2D eigenvalue weighted by Gasteiger charge is 2.45. The lowest BCUT2D eigenvalue weighted by Gasteiger charge is -2.55. The summed E-state index contributed by atoms with van der Waals surface area (Å²) < 4.78 is 0. The zero-order valence-corrected chi connectivity index (χ0v) is 12.5. The first-order valence-electron chi connectivity index (χ1n) is 8.19. The summed E-state index contributed by atoms with van der Waals surface area (Å²) in [6, 6.07) is 0.689. The largest absolute Gasteiger partial charge is 0.329 e. The average Bonchev–Trinajstić information content (AvgIpc) is 2.82. The minimum atomic E-state index is 0.648. The number of likely N-dealkylation sites (tertiary alicyclic amines) is 1. The fourth-order valence-electron chi connectivity index (χ4n) is 4.53. The third kappa shape index (κ3) is 2.91. The van der Waals surface area contributed by atoms with Gasteiger partial charge in [0.2, 0.25) is 0 Å². The van der Waals surface area contributed by atoms with Crippen LogP contribution in [0.3, 0.4) is 0 Å². The molecule has 0 bridgehead atoms. The van der Waals surface area contributed by atoms with Crippen LogP contribution in [0.4, 0.5) is 0 Å². The predicted molar refractivity (Wildman–Crippen MR) is 78.6 cm³/mol. The minimum absolute atomic E-state index is 0.648. The topological polar surface area (TPSA) is 29.3 Å². The van der Waals surface area contributed by atoms with Crippen LogP contribution < -0.4 is 5.73 Å². The lowest BCUT2D eigenvalue weighted by Crippen LogP contribution is -2.62. The third-order valence-electron chi connectivity index (χ3n) is 5.29. The Morgan fingerprint density at radius 3 is 2.11 bits per heavy atom. The Morgan fingerprint density at radius 1 is 1.11 bits per heavy atom. The Kier molecular flexibility index (Phi) is 5.08. The number of hydrogen-bond donors (Lipinski definition) is 1. The van der Waals surface area contributed by atoms with Crippen LogP contribution in [0.1, 0.15) is 65.2 Å². The lowest BCUT2D eigenvalue weighted by molar-refractivity contribution is -0.0560. The van der Waals surface area contributed by atoms with Crippen LogP contribution in [0.5, 0.6) is 0 Å². The second kappa shape index (κ2) is 6.38. The molecule has 1 aliphatic carbocycles. The van der Waals surface area contributed by atoms with Crippen LogP contribution in [0, 0.1) is 11.3 Å². The number of nitrogens with two attached hydrogens (primary N) is 1. The van der Waals surface area contributed by atoms with E-state index in [9.17, 15) is 0 Å². The summed E-state index contributed by atoms with van der Waals surface area (Å²) >= 11 is 0. The summed E-state index contributed by atoms with van der Waals surface area (Å²) in [6.07, 6.45) is 11.2. The number of nitrogens with zero attached hydrogens (tertiary/aromatic N) is 1. The molecular weight excluding hydrogens is 220 g/mol. The van der Waals surface area contributed by atoms with E-state index in [1.807, 2.05) is 0 Å². The van der Waals surface area contributed by atoms with Gasteiger partial charge in [-0.3, -0.25) is 4.90 Å². The average molecular weight is 252 g/mol. The first-order chi connectivity index (χ1) is 8.74. The zero-order valence-electron chi connectivity index (χ0n) is 12.5. The fourth-order valence-corrected chi connectivity index (χ4v) is 4.53. The standard InChI is InChI=1S/C16H32N2/c1-3-9-16(10-4-2)12-18(13-16)15(11-17)14-7-5-6-8-14/h14-15H,3-13,17H2,1-2H3. The summed E-state index contributed by atoms with van der Waals surface area (Å²) in [5.41, 5.74) is 6.71. The van der Waals surface area contributed by atoms with Gasteiger partial charge in [-0.15, -0.1) is 0 Å². The summed E-state index contributed by atoms with van der Waals surface area (Å²) in [4.78, 5) is 2.71.